The maximum atomic E-state index is 12.8. The molecule has 1 aliphatic heterocycles. The number of hydrogen-bond donors (Lipinski definition) is 0. The normalized spacial score (nSPS) is 13.8. The molecule has 3 aromatic rings. The van der Waals surface area contributed by atoms with E-state index in [0.717, 1.165) is 34.5 Å². The second-order valence-electron chi connectivity index (χ2n) is 5.84. The lowest BCUT2D eigenvalue weighted by atomic mass is 10.1. The number of aryl methyl sites for hydroxylation is 1. The fraction of sp³-hybridized carbons (Fsp3) is 0.294. The largest absolute Gasteiger partial charge is 0.497 e. The zero-order valence-electron chi connectivity index (χ0n) is 13.6. The number of rotatable bonds is 2. The van der Waals surface area contributed by atoms with Crippen molar-refractivity contribution in [2.75, 3.05) is 13.7 Å². The molecule has 0 saturated heterocycles. The molecule has 0 spiro atoms. The van der Waals surface area contributed by atoms with Gasteiger partial charge in [-0.05, 0) is 24.3 Å². The number of hydrogen-bond acceptors (Lipinski definition) is 5. The lowest BCUT2D eigenvalue weighted by Crippen LogP contribution is -2.36. The molecule has 0 atom stereocenters. The fourth-order valence-electron chi connectivity index (χ4n) is 3.03. The Kier molecular flexibility index (Phi) is 3.41. The SMILES string of the molecule is COc1ccc2nc(C(=O)N3CCc4c(nnn4C)C3)ccc2c1. The average Bonchev–Trinajstić information content (AvgIpc) is 3.00. The molecule has 0 unspecified atom stereocenters. The minimum atomic E-state index is -0.0796. The summed E-state index contributed by atoms with van der Waals surface area (Å²) in [5.41, 5.74) is 3.18. The lowest BCUT2D eigenvalue weighted by molar-refractivity contribution is 0.0725. The van der Waals surface area contributed by atoms with E-state index < -0.39 is 0 Å². The van der Waals surface area contributed by atoms with Gasteiger partial charge in [0.25, 0.3) is 5.91 Å². The van der Waals surface area contributed by atoms with Crippen LogP contribution in [0.15, 0.2) is 30.3 Å². The van der Waals surface area contributed by atoms with Crippen LogP contribution in [0.25, 0.3) is 10.9 Å². The van der Waals surface area contributed by atoms with E-state index >= 15 is 0 Å². The smallest absolute Gasteiger partial charge is 0.272 e. The summed E-state index contributed by atoms with van der Waals surface area (Å²) in [7, 11) is 3.51. The van der Waals surface area contributed by atoms with E-state index in [2.05, 4.69) is 15.3 Å². The Morgan fingerprint density at radius 3 is 2.96 bits per heavy atom. The predicted molar refractivity (Wildman–Crippen MR) is 87.7 cm³/mol. The molecule has 122 valence electrons. The van der Waals surface area contributed by atoms with Gasteiger partial charge in [0.05, 0.1) is 24.9 Å². The summed E-state index contributed by atoms with van der Waals surface area (Å²) in [6, 6.07) is 9.27. The average molecular weight is 323 g/mol. The van der Waals surface area contributed by atoms with Crippen molar-refractivity contribution in [1.29, 1.82) is 0 Å². The Balaban J connectivity index is 1.61. The number of carbonyl (C=O) groups is 1. The number of carbonyl (C=O) groups excluding carboxylic acids is 1. The Labute approximate surface area is 138 Å². The van der Waals surface area contributed by atoms with E-state index in [0.29, 0.717) is 18.8 Å². The number of fused-ring (bicyclic) bond motifs is 2. The summed E-state index contributed by atoms with van der Waals surface area (Å²) < 4.78 is 6.99. The second kappa shape index (κ2) is 5.59. The van der Waals surface area contributed by atoms with E-state index in [1.165, 1.54) is 0 Å². The van der Waals surface area contributed by atoms with Gasteiger partial charge in [0.15, 0.2) is 0 Å². The van der Waals surface area contributed by atoms with E-state index in [-0.39, 0.29) is 5.91 Å². The van der Waals surface area contributed by atoms with Gasteiger partial charge in [-0.3, -0.25) is 9.48 Å². The van der Waals surface area contributed by atoms with Gasteiger partial charge < -0.3 is 9.64 Å². The molecular formula is C17H17N5O2. The first-order chi connectivity index (χ1) is 11.7. The molecule has 7 heteroatoms. The highest BCUT2D eigenvalue weighted by Crippen LogP contribution is 2.21. The molecule has 0 aliphatic carbocycles. The Morgan fingerprint density at radius 1 is 1.25 bits per heavy atom. The molecule has 1 amide bonds. The van der Waals surface area contributed by atoms with Crippen LogP contribution in [0.2, 0.25) is 0 Å². The van der Waals surface area contributed by atoms with Crippen LogP contribution >= 0.6 is 0 Å². The van der Waals surface area contributed by atoms with Gasteiger partial charge in [0, 0.05) is 25.4 Å². The third-order valence-corrected chi connectivity index (χ3v) is 4.39. The monoisotopic (exact) mass is 323 g/mol. The molecule has 0 bridgehead atoms. The number of nitrogens with zero attached hydrogens (tertiary/aromatic N) is 5. The van der Waals surface area contributed by atoms with Crippen LogP contribution in [0.5, 0.6) is 5.75 Å². The van der Waals surface area contributed by atoms with Crippen molar-refractivity contribution in [2.45, 2.75) is 13.0 Å². The van der Waals surface area contributed by atoms with Gasteiger partial charge in [0.1, 0.15) is 17.1 Å². The van der Waals surface area contributed by atoms with Gasteiger partial charge in [-0.15, -0.1) is 5.10 Å². The van der Waals surface area contributed by atoms with Crippen molar-refractivity contribution in [3.63, 3.8) is 0 Å². The van der Waals surface area contributed by atoms with Crippen molar-refractivity contribution in [3.05, 3.63) is 47.4 Å². The van der Waals surface area contributed by atoms with Gasteiger partial charge in [-0.2, -0.15) is 0 Å². The summed E-state index contributed by atoms with van der Waals surface area (Å²) in [4.78, 5) is 19.0. The van der Waals surface area contributed by atoms with Crippen LogP contribution in [0.4, 0.5) is 0 Å². The molecule has 0 saturated carbocycles. The zero-order chi connectivity index (χ0) is 16.7. The van der Waals surface area contributed by atoms with Gasteiger partial charge in [-0.25, -0.2) is 4.98 Å². The van der Waals surface area contributed by atoms with Crippen molar-refractivity contribution in [3.8, 4) is 5.75 Å². The molecule has 0 radical (unpaired) electrons. The van der Waals surface area contributed by atoms with E-state index in [1.54, 1.807) is 22.8 Å². The number of amides is 1. The summed E-state index contributed by atoms with van der Waals surface area (Å²) in [5.74, 6) is 0.693. The molecule has 1 aromatic carbocycles. The first-order valence-electron chi connectivity index (χ1n) is 7.77. The van der Waals surface area contributed by atoms with Crippen molar-refractivity contribution in [2.24, 2.45) is 7.05 Å². The van der Waals surface area contributed by atoms with Crippen LogP contribution in [-0.2, 0) is 20.0 Å². The number of pyridine rings is 1. The van der Waals surface area contributed by atoms with Gasteiger partial charge in [-0.1, -0.05) is 11.3 Å². The fourth-order valence-corrected chi connectivity index (χ4v) is 3.03. The molecule has 24 heavy (non-hydrogen) atoms. The van der Waals surface area contributed by atoms with Gasteiger partial charge in [0.2, 0.25) is 0 Å². The minimum absolute atomic E-state index is 0.0796. The highest BCUT2D eigenvalue weighted by atomic mass is 16.5. The van der Waals surface area contributed by atoms with Crippen molar-refractivity contribution >= 4 is 16.8 Å². The van der Waals surface area contributed by atoms with Crippen molar-refractivity contribution < 1.29 is 9.53 Å². The third kappa shape index (κ3) is 2.38. The first kappa shape index (κ1) is 14.6. The number of aromatic nitrogens is 4. The quantitative estimate of drug-likeness (QED) is 0.716. The second-order valence-corrected chi connectivity index (χ2v) is 5.84. The predicted octanol–water partition coefficient (Wildman–Crippen LogP) is 1.57. The van der Waals surface area contributed by atoms with Crippen LogP contribution in [-0.4, -0.2) is 44.4 Å². The number of benzene rings is 1. The first-order valence-corrected chi connectivity index (χ1v) is 7.77. The highest BCUT2D eigenvalue weighted by Gasteiger charge is 2.26. The molecule has 4 rings (SSSR count). The Morgan fingerprint density at radius 2 is 2.12 bits per heavy atom. The highest BCUT2D eigenvalue weighted by molar-refractivity contribution is 5.95. The molecule has 0 N–H and O–H groups in total. The maximum absolute atomic E-state index is 12.8. The Bertz CT molecular complexity index is 934. The molecule has 3 heterocycles. The van der Waals surface area contributed by atoms with E-state index in [4.69, 9.17) is 4.74 Å². The van der Waals surface area contributed by atoms with Crippen molar-refractivity contribution in [1.82, 2.24) is 24.9 Å². The summed E-state index contributed by atoms with van der Waals surface area (Å²) in [6.45, 7) is 1.12. The molecule has 2 aromatic heterocycles. The van der Waals surface area contributed by atoms with Gasteiger partial charge >= 0.3 is 0 Å². The van der Waals surface area contributed by atoms with Crippen LogP contribution in [0.1, 0.15) is 21.9 Å². The number of methoxy groups -OCH3 is 1. The summed E-state index contributed by atoms with van der Waals surface area (Å²) >= 11 is 0. The molecule has 1 aliphatic rings. The summed E-state index contributed by atoms with van der Waals surface area (Å²) in [5, 5.41) is 9.10. The lowest BCUT2D eigenvalue weighted by Gasteiger charge is -2.25. The minimum Gasteiger partial charge on any atom is -0.497 e. The summed E-state index contributed by atoms with van der Waals surface area (Å²) in [6.07, 6.45) is 0.759. The zero-order valence-corrected chi connectivity index (χ0v) is 13.6. The van der Waals surface area contributed by atoms with Crippen LogP contribution in [0, 0.1) is 0 Å². The Hall–Kier alpha value is -2.96. The topological polar surface area (TPSA) is 73.1 Å². The van der Waals surface area contributed by atoms with E-state index in [1.807, 2.05) is 31.3 Å². The molecule has 0 fully saturated rings. The van der Waals surface area contributed by atoms with E-state index in [9.17, 15) is 4.79 Å². The number of ether oxygens (including phenoxy) is 1. The molecular weight excluding hydrogens is 306 g/mol. The third-order valence-electron chi connectivity index (χ3n) is 4.39. The standard InChI is InChI=1S/C17H17N5O2/c1-21-16-7-8-22(10-15(16)19-20-21)17(23)14-5-3-11-9-12(24-2)4-6-13(11)18-14/h3-6,9H,7-8,10H2,1-2H3. The maximum Gasteiger partial charge on any atom is 0.272 e. The van der Waals surface area contributed by atoms with Crippen LogP contribution in [0.3, 0.4) is 0 Å². The van der Waals surface area contributed by atoms with Crippen LogP contribution < -0.4 is 4.74 Å². The molecule has 7 nitrogen and oxygen atoms in total.